The van der Waals surface area contributed by atoms with Gasteiger partial charge in [-0.05, 0) is 42.5 Å². The lowest BCUT2D eigenvalue weighted by atomic mass is 9.88. The number of imidazole rings is 1. The van der Waals surface area contributed by atoms with Crippen molar-refractivity contribution in [1.29, 1.82) is 0 Å². The van der Waals surface area contributed by atoms with Gasteiger partial charge in [-0.15, -0.1) is 0 Å². The third-order valence-corrected chi connectivity index (χ3v) is 4.86. The zero-order chi connectivity index (χ0) is 17.3. The summed E-state index contributed by atoms with van der Waals surface area (Å²) in [4.78, 5) is 18.0. The summed E-state index contributed by atoms with van der Waals surface area (Å²) in [5.74, 6) is 1.36. The summed E-state index contributed by atoms with van der Waals surface area (Å²) < 4.78 is 1.81. The number of pyridine rings is 1. The van der Waals surface area contributed by atoms with Crippen LogP contribution in [-0.4, -0.2) is 24.5 Å². The highest BCUT2D eigenvalue weighted by atomic mass is 15.2. The lowest BCUT2D eigenvalue weighted by molar-refractivity contribution is 0.599. The van der Waals surface area contributed by atoms with Gasteiger partial charge in [-0.3, -0.25) is 9.55 Å². The Kier molecular flexibility index (Phi) is 3.59. The lowest BCUT2D eigenvalue weighted by Crippen LogP contribution is -2.19. The normalized spacial score (nSPS) is 16.4. The average molecular weight is 342 g/mol. The van der Waals surface area contributed by atoms with E-state index in [1.807, 2.05) is 22.9 Å². The summed E-state index contributed by atoms with van der Waals surface area (Å²) in [5.41, 5.74) is 4.38. The third-order valence-electron chi connectivity index (χ3n) is 4.86. The Hall–Kier alpha value is -3.28. The van der Waals surface area contributed by atoms with Crippen molar-refractivity contribution < 1.29 is 0 Å². The van der Waals surface area contributed by atoms with Crippen LogP contribution in [0.25, 0.3) is 17.0 Å². The van der Waals surface area contributed by atoms with Crippen molar-refractivity contribution in [3.8, 4) is 5.95 Å². The smallest absolute Gasteiger partial charge is 0.237 e. The summed E-state index contributed by atoms with van der Waals surface area (Å²) >= 11 is 0. The second-order valence-electron chi connectivity index (χ2n) is 6.50. The minimum Gasteiger partial charge on any atom is -0.361 e. The van der Waals surface area contributed by atoms with Gasteiger partial charge in [-0.1, -0.05) is 24.3 Å². The minimum atomic E-state index is 0.232. The number of nitrogens with zero attached hydrogens (tertiary/aromatic N) is 5. The van der Waals surface area contributed by atoms with E-state index in [0.717, 1.165) is 29.7 Å². The fraction of sp³-hybridized carbons (Fsp3) is 0.200. The van der Waals surface area contributed by atoms with Gasteiger partial charge in [-0.2, -0.15) is 4.98 Å². The van der Waals surface area contributed by atoms with Crippen molar-refractivity contribution in [2.75, 3.05) is 5.32 Å². The van der Waals surface area contributed by atoms with Crippen molar-refractivity contribution in [2.24, 2.45) is 0 Å². The summed E-state index contributed by atoms with van der Waals surface area (Å²) in [6.07, 6.45) is 10.4. The summed E-state index contributed by atoms with van der Waals surface area (Å²) in [6, 6.07) is 12.7. The highest BCUT2D eigenvalue weighted by Gasteiger charge is 2.21. The molecule has 0 spiro atoms. The van der Waals surface area contributed by atoms with Crippen molar-refractivity contribution >= 4 is 16.9 Å². The fourth-order valence-corrected chi connectivity index (χ4v) is 3.62. The minimum absolute atomic E-state index is 0.232. The van der Waals surface area contributed by atoms with E-state index in [2.05, 4.69) is 44.5 Å². The molecular formula is C20H18N6. The van der Waals surface area contributed by atoms with Crippen LogP contribution < -0.4 is 5.32 Å². The predicted molar refractivity (Wildman–Crippen MR) is 100 cm³/mol. The Morgan fingerprint density at radius 3 is 2.92 bits per heavy atom. The van der Waals surface area contributed by atoms with E-state index in [1.54, 1.807) is 18.7 Å². The SMILES string of the molecule is c1ccc2c(c1)CCC[C@@H]2Nc1nc(-n2ccnc2)nc2cccnc12. The van der Waals surface area contributed by atoms with Crippen LogP contribution in [0, 0.1) is 0 Å². The fourth-order valence-electron chi connectivity index (χ4n) is 3.62. The number of benzene rings is 1. The molecule has 128 valence electrons. The molecule has 0 fully saturated rings. The largest absolute Gasteiger partial charge is 0.361 e. The molecule has 3 aromatic heterocycles. The van der Waals surface area contributed by atoms with E-state index >= 15 is 0 Å². The quantitative estimate of drug-likeness (QED) is 0.615. The van der Waals surface area contributed by atoms with Crippen LogP contribution in [0.5, 0.6) is 0 Å². The van der Waals surface area contributed by atoms with Gasteiger partial charge in [-0.25, -0.2) is 9.97 Å². The molecule has 0 bridgehead atoms. The Morgan fingerprint density at radius 1 is 1.04 bits per heavy atom. The van der Waals surface area contributed by atoms with Crippen LogP contribution in [0.3, 0.4) is 0 Å². The lowest BCUT2D eigenvalue weighted by Gasteiger charge is -2.27. The molecule has 26 heavy (non-hydrogen) atoms. The van der Waals surface area contributed by atoms with E-state index in [1.165, 1.54) is 17.5 Å². The Balaban J connectivity index is 1.61. The van der Waals surface area contributed by atoms with E-state index in [9.17, 15) is 0 Å². The molecule has 0 amide bonds. The van der Waals surface area contributed by atoms with Gasteiger partial charge in [0, 0.05) is 18.6 Å². The number of rotatable bonds is 3. The Bertz CT molecular complexity index is 1060. The molecule has 1 aromatic carbocycles. The Labute approximate surface area is 151 Å². The first-order chi connectivity index (χ1) is 12.9. The molecular weight excluding hydrogens is 324 g/mol. The molecule has 1 atom stereocenters. The molecule has 0 radical (unpaired) electrons. The van der Waals surface area contributed by atoms with Gasteiger partial charge in [0.1, 0.15) is 11.8 Å². The third kappa shape index (κ3) is 2.60. The van der Waals surface area contributed by atoms with Crippen LogP contribution >= 0.6 is 0 Å². The zero-order valence-electron chi connectivity index (χ0n) is 14.2. The van der Waals surface area contributed by atoms with Gasteiger partial charge in [0.2, 0.25) is 5.95 Å². The number of aromatic nitrogens is 5. The first-order valence-electron chi connectivity index (χ1n) is 8.84. The van der Waals surface area contributed by atoms with Crippen LogP contribution in [0.4, 0.5) is 5.82 Å². The average Bonchev–Trinajstić information content (AvgIpc) is 3.23. The molecule has 0 saturated heterocycles. The van der Waals surface area contributed by atoms with Crippen molar-refractivity contribution in [1.82, 2.24) is 24.5 Å². The van der Waals surface area contributed by atoms with Crippen LogP contribution in [0.15, 0.2) is 61.3 Å². The van der Waals surface area contributed by atoms with E-state index < -0.39 is 0 Å². The number of hydrogen-bond acceptors (Lipinski definition) is 5. The van der Waals surface area contributed by atoms with Gasteiger partial charge in [0.15, 0.2) is 5.82 Å². The molecule has 6 nitrogen and oxygen atoms in total. The molecule has 0 saturated carbocycles. The van der Waals surface area contributed by atoms with Crippen molar-refractivity contribution in [2.45, 2.75) is 25.3 Å². The van der Waals surface area contributed by atoms with Gasteiger partial charge >= 0.3 is 0 Å². The highest BCUT2D eigenvalue weighted by Crippen LogP contribution is 2.33. The summed E-state index contributed by atoms with van der Waals surface area (Å²) in [5, 5.41) is 3.64. The molecule has 0 unspecified atom stereocenters. The first kappa shape index (κ1) is 15.0. The van der Waals surface area contributed by atoms with Crippen molar-refractivity contribution in [3.63, 3.8) is 0 Å². The summed E-state index contributed by atoms with van der Waals surface area (Å²) in [6.45, 7) is 0. The second-order valence-corrected chi connectivity index (χ2v) is 6.50. The second kappa shape index (κ2) is 6.22. The molecule has 1 N–H and O–H groups in total. The number of anilines is 1. The summed E-state index contributed by atoms with van der Waals surface area (Å²) in [7, 11) is 0. The molecule has 3 heterocycles. The number of aryl methyl sites for hydroxylation is 1. The first-order valence-corrected chi connectivity index (χ1v) is 8.84. The van der Waals surface area contributed by atoms with Crippen LogP contribution in [-0.2, 0) is 6.42 Å². The highest BCUT2D eigenvalue weighted by molar-refractivity contribution is 5.85. The maximum atomic E-state index is 4.75. The molecule has 1 aliphatic rings. The van der Waals surface area contributed by atoms with Gasteiger partial charge < -0.3 is 5.32 Å². The molecule has 5 rings (SSSR count). The molecule has 0 aliphatic heterocycles. The number of fused-ring (bicyclic) bond motifs is 2. The van der Waals surface area contributed by atoms with Crippen molar-refractivity contribution in [3.05, 3.63) is 72.4 Å². The maximum absolute atomic E-state index is 4.75. The topological polar surface area (TPSA) is 68.5 Å². The van der Waals surface area contributed by atoms with E-state index in [-0.39, 0.29) is 6.04 Å². The van der Waals surface area contributed by atoms with Crippen LogP contribution in [0.2, 0.25) is 0 Å². The van der Waals surface area contributed by atoms with E-state index in [0.29, 0.717) is 5.95 Å². The monoisotopic (exact) mass is 342 g/mol. The number of nitrogens with one attached hydrogen (secondary N) is 1. The molecule has 6 heteroatoms. The Morgan fingerprint density at radius 2 is 2.00 bits per heavy atom. The number of hydrogen-bond donors (Lipinski definition) is 1. The molecule has 4 aromatic rings. The predicted octanol–water partition coefficient (Wildman–Crippen LogP) is 3.70. The maximum Gasteiger partial charge on any atom is 0.237 e. The van der Waals surface area contributed by atoms with Gasteiger partial charge in [0.05, 0.1) is 11.6 Å². The molecule has 1 aliphatic carbocycles. The van der Waals surface area contributed by atoms with Crippen LogP contribution in [0.1, 0.15) is 30.0 Å². The standard InChI is InChI=1S/C20H18N6/c1-2-7-15-14(5-1)6-3-8-16(15)23-19-18-17(9-4-10-22-18)24-20(25-19)26-12-11-21-13-26/h1-2,4-5,7,9-13,16H,3,6,8H2,(H,23,24,25)/t16-/m0/s1. The van der Waals surface area contributed by atoms with E-state index in [4.69, 9.17) is 4.98 Å². The van der Waals surface area contributed by atoms with Gasteiger partial charge in [0.25, 0.3) is 0 Å². The zero-order valence-corrected chi connectivity index (χ0v) is 14.2.